The number of halogens is 1. The number of hydrogen-bond donors (Lipinski definition) is 1. The van der Waals surface area contributed by atoms with E-state index in [2.05, 4.69) is 4.74 Å². The van der Waals surface area contributed by atoms with Gasteiger partial charge in [-0.3, -0.25) is 4.79 Å². The maximum atomic E-state index is 13.6. The molecule has 0 heterocycles. The molecule has 0 amide bonds. The molecule has 84 valence electrons. The molecule has 1 rings (SSSR count). The molecule has 0 unspecified atom stereocenters. The standard InChI is InChI=1S/C11H11FN2O2/c1-16-11(15)4-9-8(6-14)2-7(5-13)3-10(9)12/h2-3H,4-5,13H2,1H3. The fourth-order valence-electron chi connectivity index (χ4n) is 1.31. The van der Waals surface area contributed by atoms with Gasteiger partial charge in [0.05, 0.1) is 25.2 Å². The van der Waals surface area contributed by atoms with Crippen molar-refractivity contribution in [2.75, 3.05) is 7.11 Å². The molecule has 0 aromatic heterocycles. The van der Waals surface area contributed by atoms with E-state index in [1.807, 2.05) is 6.07 Å². The first-order valence-electron chi connectivity index (χ1n) is 4.60. The average Bonchev–Trinajstić information content (AvgIpc) is 2.30. The summed E-state index contributed by atoms with van der Waals surface area (Å²) in [6, 6.07) is 4.53. The van der Waals surface area contributed by atoms with Crippen LogP contribution in [-0.4, -0.2) is 13.1 Å². The first-order chi connectivity index (χ1) is 7.62. The predicted octanol–water partition coefficient (Wildman–Crippen LogP) is 0.872. The molecule has 0 radical (unpaired) electrons. The van der Waals surface area contributed by atoms with Gasteiger partial charge in [-0.25, -0.2) is 4.39 Å². The molecule has 0 aliphatic rings. The van der Waals surface area contributed by atoms with Crippen LogP contribution in [0, 0.1) is 17.1 Å². The third-order valence-electron chi connectivity index (χ3n) is 2.16. The Morgan fingerprint density at radius 1 is 1.62 bits per heavy atom. The van der Waals surface area contributed by atoms with Crippen molar-refractivity contribution < 1.29 is 13.9 Å². The van der Waals surface area contributed by atoms with Gasteiger partial charge in [-0.05, 0) is 17.7 Å². The molecule has 0 saturated carbocycles. The lowest BCUT2D eigenvalue weighted by atomic mass is 10.0. The van der Waals surface area contributed by atoms with Crippen LogP contribution in [0.15, 0.2) is 12.1 Å². The lowest BCUT2D eigenvalue weighted by molar-refractivity contribution is -0.139. The highest BCUT2D eigenvalue weighted by Crippen LogP contribution is 2.17. The summed E-state index contributed by atoms with van der Waals surface area (Å²) in [5.41, 5.74) is 6.03. The Balaban J connectivity index is 3.18. The largest absolute Gasteiger partial charge is 0.469 e. The molecule has 0 bridgehead atoms. The summed E-state index contributed by atoms with van der Waals surface area (Å²) in [6.07, 6.45) is -0.254. The van der Waals surface area contributed by atoms with E-state index in [9.17, 15) is 9.18 Å². The lowest BCUT2D eigenvalue weighted by Crippen LogP contribution is -2.09. The highest BCUT2D eigenvalue weighted by molar-refractivity contribution is 5.73. The number of rotatable bonds is 3. The first-order valence-corrected chi connectivity index (χ1v) is 4.60. The minimum absolute atomic E-state index is 0.0477. The SMILES string of the molecule is COC(=O)Cc1c(F)cc(CN)cc1C#N. The van der Waals surface area contributed by atoms with Crippen LogP contribution in [0.5, 0.6) is 0 Å². The molecule has 4 nitrogen and oxygen atoms in total. The summed E-state index contributed by atoms with van der Waals surface area (Å²) in [6.45, 7) is 0.143. The lowest BCUT2D eigenvalue weighted by Gasteiger charge is -2.06. The zero-order chi connectivity index (χ0) is 12.1. The van der Waals surface area contributed by atoms with Gasteiger partial charge in [-0.15, -0.1) is 0 Å². The van der Waals surface area contributed by atoms with Crippen molar-refractivity contribution in [2.24, 2.45) is 5.73 Å². The fourth-order valence-corrected chi connectivity index (χ4v) is 1.31. The number of nitriles is 1. The quantitative estimate of drug-likeness (QED) is 0.770. The van der Waals surface area contributed by atoms with Crippen molar-refractivity contribution in [3.63, 3.8) is 0 Å². The van der Waals surface area contributed by atoms with Crippen molar-refractivity contribution in [1.29, 1.82) is 5.26 Å². The van der Waals surface area contributed by atoms with Gasteiger partial charge in [0.15, 0.2) is 0 Å². The van der Waals surface area contributed by atoms with Crippen LogP contribution in [-0.2, 0) is 22.5 Å². The predicted molar refractivity (Wildman–Crippen MR) is 54.7 cm³/mol. The average molecular weight is 222 g/mol. The Kier molecular flexibility index (Phi) is 3.97. The third kappa shape index (κ3) is 2.55. The molecule has 5 heteroatoms. The van der Waals surface area contributed by atoms with Gasteiger partial charge >= 0.3 is 5.97 Å². The molecular formula is C11H11FN2O2. The van der Waals surface area contributed by atoms with E-state index in [0.29, 0.717) is 5.56 Å². The van der Waals surface area contributed by atoms with Gasteiger partial charge in [0.1, 0.15) is 5.82 Å². The Labute approximate surface area is 92.4 Å². The van der Waals surface area contributed by atoms with Crippen molar-refractivity contribution in [3.05, 3.63) is 34.6 Å². The number of nitrogens with two attached hydrogens (primary N) is 1. The molecule has 16 heavy (non-hydrogen) atoms. The van der Waals surface area contributed by atoms with E-state index in [4.69, 9.17) is 11.0 Å². The fraction of sp³-hybridized carbons (Fsp3) is 0.273. The number of methoxy groups -OCH3 is 1. The maximum absolute atomic E-state index is 13.6. The summed E-state index contributed by atoms with van der Waals surface area (Å²) in [5.74, 6) is -1.19. The maximum Gasteiger partial charge on any atom is 0.310 e. The van der Waals surface area contributed by atoms with Gasteiger partial charge in [-0.1, -0.05) is 0 Å². The summed E-state index contributed by atoms with van der Waals surface area (Å²) >= 11 is 0. The van der Waals surface area contributed by atoms with Crippen LogP contribution in [0.3, 0.4) is 0 Å². The van der Waals surface area contributed by atoms with Crippen LogP contribution in [0.1, 0.15) is 16.7 Å². The zero-order valence-corrected chi connectivity index (χ0v) is 8.79. The topological polar surface area (TPSA) is 76.1 Å². The molecular weight excluding hydrogens is 211 g/mol. The van der Waals surface area contributed by atoms with Crippen LogP contribution in [0.2, 0.25) is 0 Å². The van der Waals surface area contributed by atoms with E-state index in [1.54, 1.807) is 0 Å². The van der Waals surface area contributed by atoms with Crippen molar-refractivity contribution in [1.82, 2.24) is 0 Å². The van der Waals surface area contributed by atoms with Crippen LogP contribution in [0.25, 0.3) is 0 Å². The summed E-state index contributed by atoms with van der Waals surface area (Å²) in [7, 11) is 1.21. The molecule has 0 spiro atoms. The smallest absolute Gasteiger partial charge is 0.310 e. The van der Waals surface area contributed by atoms with E-state index in [-0.39, 0.29) is 24.1 Å². The molecule has 1 aromatic rings. The molecule has 0 atom stereocenters. The molecule has 2 N–H and O–H groups in total. The van der Waals surface area contributed by atoms with Crippen molar-refractivity contribution in [2.45, 2.75) is 13.0 Å². The number of benzene rings is 1. The van der Waals surface area contributed by atoms with Gasteiger partial charge in [0.2, 0.25) is 0 Å². The highest BCUT2D eigenvalue weighted by atomic mass is 19.1. The van der Waals surface area contributed by atoms with E-state index >= 15 is 0 Å². The minimum Gasteiger partial charge on any atom is -0.469 e. The number of carbonyl (C=O) groups excluding carboxylic acids is 1. The second-order valence-electron chi connectivity index (χ2n) is 3.17. The number of nitrogens with zero attached hydrogens (tertiary/aromatic N) is 1. The van der Waals surface area contributed by atoms with Crippen LogP contribution < -0.4 is 5.73 Å². The monoisotopic (exact) mass is 222 g/mol. The summed E-state index contributed by atoms with van der Waals surface area (Å²) < 4.78 is 18.0. The van der Waals surface area contributed by atoms with Crippen molar-refractivity contribution in [3.8, 4) is 6.07 Å². The molecule has 0 aliphatic carbocycles. The Morgan fingerprint density at radius 2 is 2.31 bits per heavy atom. The number of carbonyl (C=O) groups is 1. The molecule has 1 aromatic carbocycles. The van der Waals surface area contributed by atoms with Crippen LogP contribution >= 0.6 is 0 Å². The normalized spacial score (nSPS) is 9.62. The first kappa shape index (κ1) is 12.1. The second-order valence-corrected chi connectivity index (χ2v) is 3.17. The number of esters is 1. The highest BCUT2D eigenvalue weighted by Gasteiger charge is 2.14. The van der Waals surface area contributed by atoms with E-state index < -0.39 is 11.8 Å². The number of hydrogen-bond acceptors (Lipinski definition) is 4. The molecule has 0 aliphatic heterocycles. The molecule has 0 fully saturated rings. The van der Waals surface area contributed by atoms with Gasteiger partial charge < -0.3 is 10.5 Å². The van der Waals surface area contributed by atoms with Gasteiger partial charge in [-0.2, -0.15) is 5.26 Å². The van der Waals surface area contributed by atoms with E-state index in [1.165, 1.54) is 19.2 Å². The zero-order valence-electron chi connectivity index (χ0n) is 8.79. The Hall–Kier alpha value is -1.93. The summed E-state index contributed by atoms with van der Waals surface area (Å²) in [5, 5.41) is 8.84. The third-order valence-corrected chi connectivity index (χ3v) is 2.16. The Bertz CT molecular complexity index is 452. The minimum atomic E-state index is -0.607. The van der Waals surface area contributed by atoms with Crippen LogP contribution in [0.4, 0.5) is 4.39 Å². The Morgan fingerprint density at radius 3 is 2.81 bits per heavy atom. The second kappa shape index (κ2) is 5.24. The number of ether oxygens (including phenoxy) is 1. The van der Waals surface area contributed by atoms with Crippen molar-refractivity contribution >= 4 is 5.97 Å². The van der Waals surface area contributed by atoms with E-state index in [0.717, 1.165) is 0 Å². The van der Waals surface area contributed by atoms with Gasteiger partial charge in [0.25, 0.3) is 0 Å². The van der Waals surface area contributed by atoms with Gasteiger partial charge in [0, 0.05) is 12.1 Å². The summed E-state index contributed by atoms with van der Waals surface area (Å²) in [4.78, 5) is 11.0. The molecule has 0 saturated heterocycles.